The minimum absolute atomic E-state index is 0.227. The number of hydrogen-bond acceptors (Lipinski definition) is 5. The number of methoxy groups -OCH3 is 2. The van der Waals surface area contributed by atoms with Crippen LogP contribution in [0.4, 0.5) is 0 Å². The van der Waals surface area contributed by atoms with E-state index in [-0.39, 0.29) is 18.3 Å². The molecule has 0 N–H and O–H groups in total. The zero-order valence-electron chi connectivity index (χ0n) is 17.2. The predicted octanol–water partition coefficient (Wildman–Crippen LogP) is 4.33. The fraction of sp³-hybridized carbons (Fsp3) is 0.333. The van der Waals surface area contributed by atoms with E-state index in [0.717, 1.165) is 22.3 Å². The highest BCUT2D eigenvalue weighted by molar-refractivity contribution is 6.10. The SMILES string of the molecule is CCOC(=O)[C@H]1C(=O)C=C(c2ccc(C)cc2)C[C@@H]1c1cc(OC)cc(OC)c1. The number of ketones is 1. The second kappa shape index (κ2) is 8.95. The lowest BCUT2D eigenvalue weighted by Crippen LogP contribution is -2.34. The van der Waals surface area contributed by atoms with E-state index in [2.05, 4.69) is 0 Å². The van der Waals surface area contributed by atoms with Gasteiger partial charge in [-0.1, -0.05) is 29.8 Å². The predicted molar refractivity (Wildman–Crippen MR) is 111 cm³/mol. The van der Waals surface area contributed by atoms with Gasteiger partial charge in [-0.3, -0.25) is 9.59 Å². The molecule has 5 nitrogen and oxygen atoms in total. The molecule has 2 aromatic carbocycles. The number of rotatable bonds is 6. The van der Waals surface area contributed by atoms with Crippen LogP contribution >= 0.6 is 0 Å². The Bertz CT molecular complexity index is 905. The maximum atomic E-state index is 13.0. The summed E-state index contributed by atoms with van der Waals surface area (Å²) in [6, 6.07) is 13.5. The average Bonchev–Trinajstić information content (AvgIpc) is 2.73. The van der Waals surface area contributed by atoms with Crippen molar-refractivity contribution in [2.75, 3.05) is 20.8 Å². The van der Waals surface area contributed by atoms with E-state index in [9.17, 15) is 9.59 Å². The number of aryl methyl sites for hydroxylation is 1. The van der Waals surface area contributed by atoms with Crippen molar-refractivity contribution < 1.29 is 23.8 Å². The van der Waals surface area contributed by atoms with E-state index in [1.54, 1.807) is 33.3 Å². The van der Waals surface area contributed by atoms with Crippen LogP contribution in [0, 0.1) is 12.8 Å². The van der Waals surface area contributed by atoms with Crippen molar-refractivity contribution in [3.8, 4) is 11.5 Å². The summed E-state index contributed by atoms with van der Waals surface area (Å²) >= 11 is 0. The van der Waals surface area contributed by atoms with Gasteiger partial charge in [0.25, 0.3) is 0 Å². The summed E-state index contributed by atoms with van der Waals surface area (Å²) < 4.78 is 16.0. The molecule has 1 aliphatic carbocycles. The summed E-state index contributed by atoms with van der Waals surface area (Å²) in [5.41, 5.74) is 3.84. The number of benzene rings is 2. The first-order valence-corrected chi connectivity index (χ1v) is 9.67. The Hall–Kier alpha value is -3.08. The van der Waals surface area contributed by atoms with E-state index < -0.39 is 11.9 Å². The Morgan fingerprint density at radius 1 is 1.03 bits per heavy atom. The van der Waals surface area contributed by atoms with Crippen LogP contribution in [-0.4, -0.2) is 32.6 Å². The molecule has 5 heteroatoms. The van der Waals surface area contributed by atoms with Gasteiger partial charge < -0.3 is 14.2 Å². The van der Waals surface area contributed by atoms with Gasteiger partial charge in [0, 0.05) is 12.0 Å². The summed E-state index contributed by atoms with van der Waals surface area (Å²) in [4.78, 5) is 25.7. The van der Waals surface area contributed by atoms with Crippen LogP contribution in [0.25, 0.3) is 5.57 Å². The average molecular weight is 394 g/mol. The van der Waals surface area contributed by atoms with Crippen molar-refractivity contribution in [1.29, 1.82) is 0 Å². The largest absolute Gasteiger partial charge is 0.497 e. The van der Waals surface area contributed by atoms with Crippen LogP contribution in [-0.2, 0) is 14.3 Å². The van der Waals surface area contributed by atoms with Gasteiger partial charge >= 0.3 is 5.97 Å². The highest BCUT2D eigenvalue weighted by Gasteiger charge is 2.40. The van der Waals surface area contributed by atoms with E-state index >= 15 is 0 Å². The molecule has 0 unspecified atom stereocenters. The van der Waals surface area contributed by atoms with Crippen molar-refractivity contribution in [3.05, 3.63) is 65.2 Å². The van der Waals surface area contributed by atoms with Crippen molar-refractivity contribution >= 4 is 17.3 Å². The highest BCUT2D eigenvalue weighted by atomic mass is 16.5. The van der Waals surface area contributed by atoms with Crippen LogP contribution in [0.5, 0.6) is 11.5 Å². The summed E-state index contributed by atoms with van der Waals surface area (Å²) in [5.74, 6) is -0.768. The van der Waals surface area contributed by atoms with Gasteiger partial charge in [-0.15, -0.1) is 0 Å². The molecular formula is C24H26O5. The van der Waals surface area contributed by atoms with Gasteiger partial charge in [0.1, 0.15) is 17.4 Å². The monoisotopic (exact) mass is 394 g/mol. The summed E-state index contributed by atoms with van der Waals surface area (Å²) in [6.07, 6.45) is 2.12. The number of ether oxygens (including phenoxy) is 3. The first-order valence-electron chi connectivity index (χ1n) is 9.67. The molecule has 0 bridgehead atoms. The van der Waals surface area contributed by atoms with Crippen molar-refractivity contribution in [3.63, 3.8) is 0 Å². The molecule has 0 saturated carbocycles. The topological polar surface area (TPSA) is 61.8 Å². The standard InChI is InChI=1S/C24H26O5/c1-5-29-24(26)23-21(18-10-19(27-3)14-20(11-18)28-4)12-17(13-22(23)25)16-8-6-15(2)7-9-16/h6-11,13-14,21,23H,5,12H2,1-4H3/t21-,23-/m1/s1. The molecule has 0 saturated heterocycles. The molecular weight excluding hydrogens is 368 g/mol. The summed E-state index contributed by atoms with van der Waals surface area (Å²) in [7, 11) is 3.15. The lowest BCUT2D eigenvalue weighted by Gasteiger charge is -2.30. The molecule has 0 amide bonds. The molecule has 0 spiro atoms. The van der Waals surface area contributed by atoms with Gasteiger partial charge in [-0.2, -0.15) is 0 Å². The molecule has 0 radical (unpaired) electrons. The zero-order valence-corrected chi connectivity index (χ0v) is 17.2. The van der Waals surface area contributed by atoms with E-state index in [1.807, 2.05) is 43.3 Å². The van der Waals surface area contributed by atoms with Gasteiger partial charge in [0.15, 0.2) is 5.78 Å². The van der Waals surface area contributed by atoms with Crippen LogP contribution in [0.15, 0.2) is 48.5 Å². The van der Waals surface area contributed by atoms with Gasteiger partial charge in [-0.25, -0.2) is 0 Å². The third-order valence-corrected chi connectivity index (χ3v) is 5.23. The van der Waals surface area contributed by atoms with Crippen LogP contribution in [0.3, 0.4) is 0 Å². The van der Waals surface area contributed by atoms with E-state index in [1.165, 1.54) is 0 Å². The minimum atomic E-state index is -0.888. The Kier molecular flexibility index (Phi) is 6.37. The molecule has 0 heterocycles. The molecule has 0 aromatic heterocycles. The third-order valence-electron chi connectivity index (χ3n) is 5.23. The molecule has 152 valence electrons. The van der Waals surface area contributed by atoms with Gasteiger partial charge in [0.2, 0.25) is 0 Å². The Balaban J connectivity index is 2.07. The summed E-state index contributed by atoms with van der Waals surface area (Å²) in [5, 5.41) is 0. The summed E-state index contributed by atoms with van der Waals surface area (Å²) in [6.45, 7) is 3.99. The quantitative estimate of drug-likeness (QED) is 0.539. The molecule has 0 aliphatic heterocycles. The number of carbonyl (C=O) groups is 2. The molecule has 3 rings (SSSR count). The zero-order chi connectivity index (χ0) is 21.0. The van der Waals surface area contributed by atoms with Gasteiger partial charge in [-0.05, 0) is 55.2 Å². The van der Waals surface area contributed by atoms with Crippen LogP contribution < -0.4 is 9.47 Å². The smallest absolute Gasteiger partial charge is 0.317 e. The number of allylic oxidation sites excluding steroid dienone is 2. The first kappa shape index (κ1) is 20.6. The van der Waals surface area contributed by atoms with Crippen LogP contribution in [0.2, 0.25) is 0 Å². The Morgan fingerprint density at radius 2 is 1.66 bits per heavy atom. The van der Waals surface area contributed by atoms with Crippen LogP contribution in [0.1, 0.15) is 36.0 Å². The van der Waals surface area contributed by atoms with E-state index in [0.29, 0.717) is 17.9 Å². The molecule has 29 heavy (non-hydrogen) atoms. The fourth-order valence-electron chi connectivity index (χ4n) is 3.71. The minimum Gasteiger partial charge on any atom is -0.497 e. The lowest BCUT2D eigenvalue weighted by molar-refractivity contribution is -0.151. The Labute approximate surface area is 171 Å². The number of hydrogen-bond donors (Lipinski definition) is 0. The second-order valence-electron chi connectivity index (χ2n) is 7.12. The fourth-order valence-corrected chi connectivity index (χ4v) is 3.71. The lowest BCUT2D eigenvalue weighted by atomic mass is 9.73. The van der Waals surface area contributed by atoms with E-state index in [4.69, 9.17) is 14.2 Å². The molecule has 2 aromatic rings. The normalized spacial score (nSPS) is 18.8. The number of carbonyl (C=O) groups excluding carboxylic acids is 2. The molecule has 2 atom stereocenters. The molecule has 0 fully saturated rings. The maximum Gasteiger partial charge on any atom is 0.317 e. The van der Waals surface area contributed by atoms with Crippen molar-refractivity contribution in [2.24, 2.45) is 5.92 Å². The molecule has 1 aliphatic rings. The Morgan fingerprint density at radius 3 is 2.21 bits per heavy atom. The number of esters is 1. The maximum absolute atomic E-state index is 13.0. The third kappa shape index (κ3) is 4.50. The van der Waals surface area contributed by atoms with Crippen molar-refractivity contribution in [2.45, 2.75) is 26.2 Å². The highest BCUT2D eigenvalue weighted by Crippen LogP contribution is 2.42. The second-order valence-corrected chi connectivity index (χ2v) is 7.12. The van der Waals surface area contributed by atoms with Crippen molar-refractivity contribution in [1.82, 2.24) is 0 Å². The first-order chi connectivity index (χ1) is 14.0. The van der Waals surface area contributed by atoms with Gasteiger partial charge in [0.05, 0.1) is 20.8 Å².